The monoisotopic (exact) mass is 642 g/mol. The normalized spacial score (nSPS) is 12.2. The molecule has 0 radical (unpaired) electrons. The van der Waals surface area contributed by atoms with Gasteiger partial charge in [-0.1, -0.05) is 103 Å². The van der Waals surface area contributed by atoms with Crippen LogP contribution in [0.5, 0.6) is 11.5 Å². The second-order valence-corrected chi connectivity index (χ2v) is 11.3. The Morgan fingerprint density at radius 1 is 0.688 bits per heavy atom. The summed E-state index contributed by atoms with van der Waals surface area (Å²) in [6.07, 6.45) is -0.595. The number of anilines is 1. The van der Waals surface area contributed by atoms with Crippen molar-refractivity contribution in [1.82, 2.24) is 5.32 Å². The van der Waals surface area contributed by atoms with E-state index >= 15 is 0 Å². The van der Waals surface area contributed by atoms with E-state index < -0.39 is 30.6 Å². The Bertz CT molecular complexity index is 1850. The zero-order valence-corrected chi connectivity index (χ0v) is 26.0. The Labute approximate surface area is 278 Å². The first-order valence-electron chi connectivity index (χ1n) is 15.6. The summed E-state index contributed by atoms with van der Waals surface area (Å²) >= 11 is 0. The summed E-state index contributed by atoms with van der Waals surface area (Å²) in [6.45, 7) is -0.0710. The van der Waals surface area contributed by atoms with E-state index in [4.69, 9.17) is 19.3 Å². The molecule has 48 heavy (non-hydrogen) atoms. The average Bonchev–Trinajstić information content (AvgIpc) is 3.43. The minimum absolute atomic E-state index is 0.0908. The van der Waals surface area contributed by atoms with E-state index in [1.54, 1.807) is 24.3 Å². The number of para-hydroxylation sites is 2. The van der Waals surface area contributed by atoms with E-state index in [1.165, 1.54) is 0 Å². The number of hydrogen-bond donors (Lipinski definition) is 3. The summed E-state index contributed by atoms with van der Waals surface area (Å²) in [4.78, 5) is 38.0. The molecule has 0 saturated carbocycles. The maximum Gasteiger partial charge on any atom is 0.407 e. The van der Waals surface area contributed by atoms with Gasteiger partial charge in [0.2, 0.25) is 5.91 Å². The van der Waals surface area contributed by atoms with Crippen molar-refractivity contribution in [2.75, 3.05) is 18.5 Å². The molecule has 5 aromatic carbocycles. The van der Waals surface area contributed by atoms with E-state index in [9.17, 15) is 14.4 Å². The number of amides is 2. The molecule has 0 fully saturated rings. The minimum atomic E-state index is -1.15. The van der Waals surface area contributed by atoms with E-state index in [1.807, 2.05) is 91.0 Å². The number of rotatable bonds is 13. The van der Waals surface area contributed by atoms with Crippen LogP contribution in [0.1, 0.15) is 28.2 Å². The first-order valence-corrected chi connectivity index (χ1v) is 15.6. The van der Waals surface area contributed by atoms with Gasteiger partial charge in [0, 0.05) is 12.3 Å². The number of carbonyl (C=O) groups excluding carboxylic acids is 2. The number of nitrogens with one attached hydrogen (secondary N) is 2. The van der Waals surface area contributed by atoms with Gasteiger partial charge in [-0.05, 0) is 57.6 Å². The van der Waals surface area contributed by atoms with Gasteiger partial charge in [0.05, 0.1) is 5.69 Å². The van der Waals surface area contributed by atoms with Gasteiger partial charge >= 0.3 is 12.1 Å². The number of alkyl carbamates (subject to hydrolysis) is 1. The van der Waals surface area contributed by atoms with Crippen LogP contribution >= 0.6 is 0 Å². The van der Waals surface area contributed by atoms with Crippen molar-refractivity contribution in [3.05, 3.63) is 150 Å². The fourth-order valence-electron chi connectivity index (χ4n) is 5.75. The van der Waals surface area contributed by atoms with Gasteiger partial charge in [0.15, 0.2) is 6.61 Å². The summed E-state index contributed by atoms with van der Waals surface area (Å²) in [5.41, 5.74) is 6.46. The Kier molecular flexibility index (Phi) is 9.96. The quantitative estimate of drug-likeness (QED) is 0.129. The Hall–Kier alpha value is -6.09. The van der Waals surface area contributed by atoms with Crippen LogP contribution in [0.25, 0.3) is 11.1 Å². The van der Waals surface area contributed by atoms with Crippen LogP contribution in [-0.4, -0.2) is 42.3 Å². The molecule has 0 spiro atoms. The summed E-state index contributed by atoms with van der Waals surface area (Å²) in [5.74, 6) is -0.968. The van der Waals surface area contributed by atoms with E-state index in [-0.39, 0.29) is 30.4 Å². The Morgan fingerprint density at radius 2 is 1.31 bits per heavy atom. The zero-order valence-electron chi connectivity index (χ0n) is 26.0. The van der Waals surface area contributed by atoms with Crippen LogP contribution < -0.4 is 20.1 Å². The highest BCUT2D eigenvalue weighted by atomic mass is 16.5. The minimum Gasteiger partial charge on any atom is -0.489 e. The van der Waals surface area contributed by atoms with Crippen LogP contribution in [-0.2, 0) is 27.4 Å². The molecule has 2 amide bonds. The molecule has 0 aliphatic heterocycles. The van der Waals surface area contributed by atoms with Gasteiger partial charge in [0.1, 0.15) is 30.8 Å². The van der Waals surface area contributed by atoms with E-state index in [0.29, 0.717) is 12.4 Å². The third-order valence-electron chi connectivity index (χ3n) is 8.06. The van der Waals surface area contributed by atoms with Crippen LogP contribution in [0.15, 0.2) is 127 Å². The molecule has 1 aliphatic carbocycles. The van der Waals surface area contributed by atoms with Crippen LogP contribution in [0.2, 0.25) is 0 Å². The van der Waals surface area contributed by atoms with Crippen molar-refractivity contribution in [2.24, 2.45) is 0 Å². The van der Waals surface area contributed by atoms with Gasteiger partial charge in [-0.25, -0.2) is 9.59 Å². The molecule has 0 bridgehead atoms. The lowest BCUT2D eigenvalue weighted by Crippen LogP contribution is -2.45. The number of hydrogen-bond acceptors (Lipinski definition) is 6. The number of ether oxygens (including phenoxy) is 3. The predicted molar refractivity (Wildman–Crippen MR) is 181 cm³/mol. The maximum atomic E-state index is 13.7. The lowest BCUT2D eigenvalue weighted by molar-refractivity contribution is -0.139. The molecule has 242 valence electrons. The number of carbonyl (C=O) groups is 3. The molecule has 0 heterocycles. The second-order valence-electron chi connectivity index (χ2n) is 11.3. The smallest absolute Gasteiger partial charge is 0.407 e. The highest BCUT2D eigenvalue weighted by Gasteiger charge is 2.30. The zero-order chi connectivity index (χ0) is 33.3. The van der Waals surface area contributed by atoms with Gasteiger partial charge in [-0.15, -0.1) is 0 Å². The summed E-state index contributed by atoms with van der Waals surface area (Å²) < 4.78 is 17.0. The third kappa shape index (κ3) is 7.82. The first kappa shape index (κ1) is 31.9. The lowest BCUT2D eigenvalue weighted by atomic mass is 9.98. The SMILES string of the molecule is O=C(O)COc1ccccc1NC(=O)[C@H](Cc1ccc(OCc2ccccc2)cc1)NC(=O)OCC1c2ccccc2-c2ccccc21. The third-order valence-corrected chi connectivity index (χ3v) is 8.06. The second kappa shape index (κ2) is 15.0. The molecule has 5 aromatic rings. The molecular weight excluding hydrogens is 608 g/mol. The van der Waals surface area contributed by atoms with Crippen molar-refractivity contribution in [1.29, 1.82) is 0 Å². The topological polar surface area (TPSA) is 123 Å². The number of fused-ring (bicyclic) bond motifs is 3. The van der Waals surface area contributed by atoms with Crippen molar-refractivity contribution in [3.63, 3.8) is 0 Å². The number of aliphatic carboxylic acids is 1. The standard InChI is InChI=1S/C39H34N2O7/c42-37(43)25-47-36-17-9-8-16-34(36)40-38(44)35(22-26-18-20-28(21-19-26)46-23-27-10-2-1-3-11-27)41-39(45)48-24-33-31-14-6-4-12-29(31)30-13-5-7-15-32(30)33/h1-21,33,35H,22-25H2,(H,40,44)(H,41,45)(H,42,43)/t35-/m0/s1. The van der Waals surface area contributed by atoms with E-state index in [2.05, 4.69) is 22.8 Å². The fraction of sp³-hybridized carbons (Fsp3) is 0.154. The first-order chi connectivity index (χ1) is 23.4. The number of carboxylic acids is 1. The molecule has 3 N–H and O–H groups in total. The van der Waals surface area contributed by atoms with Crippen molar-refractivity contribution < 1.29 is 33.7 Å². The van der Waals surface area contributed by atoms with Crippen LogP contribution in [0, 0.1) is 0 Å². The van der Waals surface area contributed by atoms with Gasteiger partial charge in [-0.3, -0.25) is 4.79 Å². The summed E-state index contributed by atoms with van der Waals surface area (Å²) in [5, 5.41) is 14.6. The number of carboxylic acid groups (broad SMARTS) is 1. The predicted octanol–water partition coefficient (Wildman–Crippen LogP) is 6.82. The maximum absolute atomic E-state index is 13.7. The lowest BCUT2D eigenvalue weighted by Gasteiger charge is -2.21. The molecular formula is C39H34N2O7. The molecule has 1 atom stereocenters. The van der Waals surface area contributed by atoms with Crippen molar-refractivity contribution >= 4 is 23.7 Å². The van der Waals surface area contributed by atoms with Crippen molar-refractivity contribution in [2.45, 2.75) is 25.0 Å². The molecule has 0 aromatic heterocycles. The van der Waals surface area contributed by atoms with Crippen LogP contribution in [0.3, 0.4) is 0 Å². The highest BCUT2D eigenvalue weighted by molar-refractivity contribution is 5.98. The molecule has 6 rings (SSSR count). The summed E-state index contributed by atoms with van der Waals surface area (Å²) in [6, 6.07) is 38.7. The molecule has 0 unspecified atom stereocenters. The van der Waals surface area contributed by atoms with Gasteiger partial charge in [-0.2, -0.15) is 0 Å². The molecule has 9 nitrogen and oxygen atoms in total. The summed E-state index contributed by atoms with van der Waals surface area (Å²) in [7, 11) is 0. The average molecular weight is 643 g/mol. The fourth-order valence-corrected chi connectivity index (χ4v) is 5.75. The van der Waals surface area contributed by atoms with Crippen molar-refractivity contribution in [3.8, 4) is 22.6 Å². The van der Waals surface area contributed by atoms with Gasteiger partial charge < -0.3 is 30.0 Å². The molecule has 9 heteroatoms. The van der Waals surface area contributed by atoms with Gasteiger partial charge in [0.25, 0.3) is 0 Å². The Balaban J connectivity index is 1.16. The number of benzene rings is 5. The highest BCUT2D eigenvalue weighted by Crippen LogP contribution is 2.44. The largest absolute Gasteiger partial charge is 0.489 e. The Morgan fingerprint density at radius 3 is 2.00 bits per heavy atom. The van der Waals surface area contributed by atoms with E-state index in [0.717, 1.165) is 33.4 Å². The molecule has 0 saturated heterocycles. The molecule has 1 aliphatic rings. The van der Waals surface area contributed by atoms with Crippen LogP contribution in [0.4, 0.5) is 10.5 Å².